The molecule has 150 valence electrons. The Balaban J connectivity index is 1.32. The van der Waals surface area contributed by atoms with Gasteiger partial charge in [0.2, 0.25) is 5.91 Å². The zero-order chi connectivity index (χ0) is 19.3. The first-order valence-electron chi connectivity index (χ1n) is 9.50. The Morgan fingerprint density at radius 3 is 2.52 bits per heavy atom. The molecule has 0 spiro atoms. The summed E-state index contributed by atoms with van der Waals surface area (Å²) in [5.74, 6) is 0.721. The van der Waals surface area contributed by atoms with Gasteiger partial charge in [-0.2, -0.15) is 13.2 Å². The van der Waals surface area contributed by atoms with E-state index < -0.39 is 11.7 Å². The Kier molecular flexibility index (Phi) is 7.05. The molecule has 2 fully saturated rings. The predicted molar refractivity (Wildman–Crippen MR) is 100 cm³/mol. The van der Waals surface area contributed by atoms with E-state index in [1.807, 2.05) is 4.90 Å². The minimum atomic E-state index is -4.29. The molecule has 2 unspecified atom stereocenters. The quantitative estimate of drug-likeness (QED) is 0.684. The predicted octanol–water partition coefficient (Wildman–Crippen LogP) is 3.68. The molecule has 3 rings (SSSR count). The van der Waals surface area contributed by atoms with Gasteiger partial charge in [0.05, 0.1) is 12.1 Å². The van der Waals surface area contributed by atoms with Crippen LogP contribution < -0.4 is 10.0 Å². The van der Waals surface area contributed by atoms with Gasteiger partial charge in [-0.1, -0.05) is 0 Å². The van der Waals surface area contributed by atoms with E-state index in [9.17, 15) is 18.0 Å². The minimum absolute atomic E-state index is 0.201. The standard InChI is InChI=1S/C19H26F3N3OS/c20-19(21,22)15-4-7-17(8-5-15)27-24-12-14-3-6-16(11-14)23-13-18(26)25-9-1-2-10-25/h4-5,7-8,14,16,23-24H,1-3,6,9-13H2. The summed E-state index contributed by atoms with van der Waals surface area (Å²) >= 11 is 1.36. The van der Waals surface area contributed by atoms with Crippen molar-refractivity contribution < 1.29 is 18.0 Å². The van der Waals surface area contributed by atoms with Gasteiger partial charge in [0, 0.05) is 30.6 Å². The molecule has 2 atom stereocenters. The lowest BCUT2D eigenvalue weighted by molar-refractivity contribution is -0.137. The molecule has 1 saturated heterocycles. The Morgan fingerprint density at radius 2 is 1.85 bits per heavy atom. The highest BCUT2D eigenvalue weighted by Gasteiger charge is 2.30. The molecule has 4 nitrogen and oxygen atoms in total. The normalized spacial score (nSPS) is 23.1. The number of nitrogens with one attached hydrogen (secondary N) is 2. The van der Waals surface area contributed by atoms with Crippen molar-refractivity contribution >= 4 is 17.9 Å². The summed E-state index contributed by atoms with van der Waals surface area (Å²) in [7, 11) is 0. The first kappa shape index (κ1) is 20.5. The fraction of sp³-hybridized carbons (Fsp3) is 0.632. The Morgan fingerprint density at radius 1 is 1.15 bits per heavy atom. The van der Waals surface area contributed by atoms with Gasteiger partial charge in [-0.3, -0.25) is 9.52 Å². The van der Waals surface area contributed by atoms with Crippen LogP contribution >= 0.6 is 11.9 Å². The van der Waals surface area contributed by atoms with Crippen molar-refractivity contribution in [3.63, 3.8) is 0 Å². The van der Waals surface area contributed by atoms with E-state index in [1.54, 1.807) is 0 Å². The molecule has 2 N–H and O–H groups in total. The van der Waals surface area contributed by atoms with Crippen LogP contribution in [-0.4, -0.2) is 43.0 Å². The summed E-state index contributed by atoms with van der Waals surface area (Å²) in [6.45, 7) is 3.01. The maximum atomic E-state index is 12.6. The van der Waals surface area contributed by atoms with Crippen LogP contribution in [0.5, 0.6) is 0 Å². The molecule has 27 heavy (non-hydrogen) atoms. The van der Waals surface area contributed by atoms with Gasteiger partial charge >= 0.3 is 6.18 Å². The number of halogens is 3. The van der Waals surface area contributed by atoms with Crippen molar-refractivity contribution in [1.29, 1.82) is 0 Å². The Hall–Kier alpha value is -1.25. The molecule has 8 heteroatoms. The number of benzene rings is 1. The highest BCUT2D eigenvalue weighted by molar-refractivity contribution is 7.97. The summed E-state index contributed by atoms with van der Waals surface area (Å²) in [6, 6.07) is 5.57. The summed E-state index contributed by atoms with van der Waals surface area (Å²) in [5, 5.41) is 3.38. The monoisotopic (exact) mass is 401 g/mol. The average Bonchev–Trinajstić information content (AvgIpc) is 3.31. The number of alkyl halides is 3. The number of carbonyl (C=O) groups is 1. The third kappa shape index (κ3) is 6.12. The molecular weight excluding hydrogens is 375 g/mol. The van der Waals surface area contributed by atoms with Gasteiger partial charge in [0.15, 0.2) is 0 Å². The van der Waals surface area contributed by atoms with Crippen molar-refractivity contribution in [2.24, 2.45) is 5.92 Å². The largest absolute Gasteiger partial charge is 0.416 e. The van der Waals surface area contributed by atoms with Gasteiger partial charge < -0.3 is 10.2 Å². The number of rotatable bonds is 7. The molecule has 0 aromatic heterocycles. The molecule has 1 saturated carbocycles. The van der Waals surface area contributed by atoms with Gasteiger partial charge in [-0.25, -0.2) is 0 Å². The number of nitrogens with zero attached hydrogens (tertiary/aromatic N) is 1. The fourth-order valence-corrected chi connectivity index (χ4v) is 4.47. The van der Waals surface area contributed by atoms with Gasteiger partial charge in [0.1, 0.15) is 0 Å². The lowest BCUT2D eigenvalue weighted by atomic mass is 10.1. The van der Waals surface area contributed by atoms with Crippen LogP contribution in [-0.2, 0) is 11.0 Å². The molecule has 0 radical (unpaired) electrons. The molecule has 1 aliphatic carbocycles. The van der Waals surface area contributed by atoms with Crippen molar-refractivity contribution in [1.82, 2.24) is 14.9 Å². The Labute approximate surface area is 162 Å². The van der Waals surface area contributed by atoms with E-state index in [2.05, 4.69) is 10.0 Å². The van der Waals surface area contributed by atoms with Crippen LogP contribution in [0.15, 0.2) is 29.2 Å². The first-order valence-corrected chi connectivity index (χ1v) is 10.3. The lowest BCUT2D eigenvalue weighted by Gasteiger charge is -2.18. The van der Waals surface area contributed by atoms with E-state index in [1.165, 1.54) is 24.1 Å². The zero-order valence-electron chi connectivity index (χ0n) is 15.2. The topological polar surface area (TPSA) is 44.4 Å². The van der Waals surface area contributed by atoms with Crippen LogP contribution in [0.25, 0.3) is 0 Å². The molecule has 0 bridgehead atoms. The molecule has 1 heterocycles. The van der Waals surface area contributed by atoms with Gasteiger partial charge in [0.25, 0.3) is 0 Å². The second-order valence-corrected chi connectivity index (χ2v) is 8.28. The number of hydrogen-bond acceptors (Lipinski definition) is 4. The summed E-state index contributed by atoms with van der Waals surface area (Å²) in [4.78, 5) is 14.8. The number of carbonyl (C=O) groups excluding carboxylic acids is 1. The SMILES string of the molecule is O=C(CNC1CCC(CNSc2ccc(C(F)(F)F)cc2)C1)N1CCCC1. The molecule has 2 aliphatic rings. The van der Waals surface area contributed by atoms with E-state index in [0.29, 0.717) is 18.5 Å². The van der Waals surface area contributed by atoms with Crippen LogP contribution in [0, 0.1) is 5.92 Å². The van der Waals surface area contributed by atoms with Crippen LogP contribution in [0.3, 0.4) is 0 Å². The fourth-order valence-electron chi connectivity index (χ4n) is 3.71. The van der Waals surface area contributed by atoms with Gasteiger partial charge in [-0.05, 0) is 74.2 Å². The molecular formula is C19H26F3N3OS. The summed E-state index contributed by atoms with van der Waals surface area (Å²) in [5.41, 5.74) is -0.625. The van der Waals surface area contributed by atoms with Gasteiger partial charge in [-0.15, -0.1) is 0 Å². The van der Waals surface area contributed by atoms with E-state index >= 15 is 0 Å². The third-order valence-corrected chi connectivity index (χ3v) is 6.10. The van der Waals surface area contributed by atoms with Crippen molar-refractivity contribution in [2.75, 3.05) is 26.2 Å². The highest BCUT2D eigenvalue weighted by atomic mass is 32.2. The number of hydrogen-bond donors (Lipinski definition) is 2. The maximum Gasteiger partial charge on any atom is 0.416 e. The van der Waals surface area contributed by atoms with Crippen molar-refractivity contribution in [3.8, 4) is 0 Å². The van der Waals surface area contributed by atoms with Crippen LogP contribution in [0.4, 0.5) is 13.2 Å². The van der Waals surface area contributed by atoms with E-state index in [4.69, 9.17) is 0 Å². The zero-order valence-corrected chi connectivity index (χ0v) is 16.0. The minimum Gasteiger partial charge on any atom is -0.342 e. The van der Waals surface area contributed by atoms with Crippen molar-refractivity contribution in [3.05, 3.63) is 29.8 Å². The summed E-state index contributed by atoms with van der Waals surface area (Å²) < 4.78 is 40.9. The van der Waals surface area contributed by atoms with Crippen LogP contribution in [0.2, 0.25) is 0 Å². The van der Waals surface area contributed by atoms with E-state index in [-0.39, 0.29) is 5.91 Å². The first-order chi connectivity index (χ1) is 12.9. The van der Waals surface area contributed by atoms with E-state index in [0.717, 1.165) is 68.8 Å². The average molecular weight is 401 g/mol. The second-order valence-electron chi connectivity index (χ2n) is 7.32. The van der Waals surface area contributed by atoms with Crippen LogP contribution in [0.1, 0.15) is 37.7 Å². The summed E-state index contributed by atoms with van der Waals surface area (Å²) in [6.07, 6.45) is 1.10. The lowest BCUT2D eigenvalue weighted by Crippen LogP contribution is -2.39. The van der Waals surface area contributed by atoms with Crippen molar-refractivity contribution in [2.45, 2.75) is 49.2 Å². The molecule has 1 amide bonds. The number of likely N-dealkylation sites (tertiary alicyclic amines) is 1. The third-order valence-electron chi connectivity index (χ3n) is 5.29. The smallest absolute Gasteiger partial charge is 0.342 e. The maximum absolute atomic E-state index is 12.6. The number of amides is 1. The molecule has 1 aliphatic heterocycles. The Bertz CT molecular complexity index is 618. The molecule has 1 aromatic rings. The molecule has 1 aromatic carbocycles. The highest BCUT2D eigenvalue weighted by Crippen LogP contribution is 2.31. The second kappa shape index (κ2) is 9.30.